The fraction of sp³-hybridized carbons (Fsp3) is 0.833. The molecule has 0 heterocycles. The number of amides is 2. The molecule has 0 aromatic carbocycles. The van der Waals surface area contributed by atoms with Crippen molar-refractivity contribution in [2.75, 3.05) is 13.1 Å². The van der Waals surface area contributed by atoms with Crippen molar-refractivity contribution in [1.29, 1.82) is 0 Å². The standard InChI is InChI=1S/C12H24N2O3/c1-4-7-9-14(6-3)12(17)13-10(8-5-2)11(15)16/h10H,4-9H2,1-3H3,(H,13,17)(H,15,16). The molecule has 17 heavy (non-hydrogen) atoms. The van der Waals surface area contributed by atoms with Crippen LogP contribution in [0.5, 0.6) is 0 Å². The average Bonchev–Trinajstić information content (AvgIpc) is 2.29. The van der Waals surface area contributed by atoms with Gasteiger partial charge in [0.25, 0.3) is 0 Å². The number of urea groups is 1. The number of nitrogens with one attached hydrogen (secondary N) is 1. The summed E-state index contributed by atoms with van der Waals surface area (Å²) < 4.78 is 0. The molecule has 0 saturated heterocycles. The fourth-order valence-corrected chi connectivity index (χ4v) is 1.54. The molecule has 1 atom stereocenters. The second kappa shape index (κ2) is 8.84. The largest absolute Gasteiger partial charge is 0.480 e. The molecule has 5 nitrogen and oxygen atoms in total. The molecule has 0 fully saturated rings. The van der Waals surface area contributed by atoms with E-state index in [9.17, 15) is 9.59 Å². The first-order valence-electron chi connectivity index (χ1n) is 6.34. The second-order valence-corrected chi connectivity index (χ2v) is 4.06. The minimum Gasteiger partial charge on any atom is -0.480 e. The van der Waals surface area contributed by atoms with E-state index in [-0.39, 0.29) is 6.03 Å². The molecule has 0 aromatic rings. The summed E-state index contributed by atoms with van der Waals surface area (Å²) >= 11 is 0. The summed E-state index contributed by atoms with van der Waals surface area (Å²) in [5.41, 5.74) is 0. The Morgan fingerprint density at radius 3 is 2.29 bits per heavy atom. The van der Waals surface area contributed by atoms with Crippen LogP contribution < -0.4 is 5.32 Å². The van der Waals surface area contributed by atoms with Gasteiger partial charge in [0.15, 0.2) is 0 Å². The van der Waals surface area contributed by atoms with E-state index in [1.54, 1.807) is 4.90 Å². The lowest BCUT2D eigenvalue weighted by Crippen LogP contribution is -2.48. The Balaban J connectivity index is 4.30. The lowest BCUT2D eigenvalue weighted by Gasteiger charge is -2.23. The zero-order valence-corrected chi connectivity index (χ0v) is 11.0. The van der Waals surface area contributed by atoms with Gasteiger partial charge in [0.2, 0.25) is 0 Å². The Morgan fingerprint density at radius 1 is 1.24 bits per heavy atom. The lowest BCUT2D eigenvalue weighted by atomic mass is 10.2. The number of hydrogen-bond acceptors (Lipinski definition) is 2. The van der Waals surface area contributed by atoms with Crippen LogP contribution in [0.2, 0.25) is 0 Å². The number of nitrogens with zero attached hydrogens (tertiary/aromatic N) is 1. The summed E-state index contributed by atoms with van der Waals surface area (Å²) in [6, 6.07) is -1.05. The van der Waals surface area contributed by atoms with Gasteiger partial charge in [-0.1, -0.05) is 26.7 Å². The first-order chi connectivity index (χ1) is 8.06. The van der Waals surface area contributed by atoms with E-state index in [0.29, 0.717) is 19.5 Å². The summed E-state index contributed by atoms with van der Waals surface area (Å²) in [6.45, 7) is 7.13. The number of carboxylic acids is 1. The molecule has 0 saturated carbocycles. The summed E-state index contributed by atoms with van der Waals surface area (Å²) in [5, 5.41) is 11.5. The molecule has 100 valence electrons. The molecular formula is C12H24N2O3. The van der Waals surface area contributed by atoms with Crippen LogP contribution in [0.1, 0.15) is 46.5 Å². The smallest absolute Gasteiger partial charge is 0.326 e. The Labute approximate surface area is 103 Å². The molecule has 2 N–H and O–H groups in total. The lowest BCUT2D eigenvalue weighted by molar-refractivity contribution is -0.139. The highest BCUT2D eigenvalue weighted by atomic mass is 16.4. The van der Waals surface area contributed by atoms with E-state index >= 15 is 0 Å². The summed E-state index contributed by atoms with van der Waals surface area (Å²) in [7, 11) is 0. The molecule has 0 rings (SSSR count). The van der Waals surface area contributed by atoms with Gasteiger partial charge in [-0.25, -0.2) is 9.59 Å². The van der Waals surface area contributed by atoms with Crippen molar-refractivity contribution >= 4 is 12.0 Å². The van der Waals surface area contributed by atoms with E-state index in [1.165, 1.54) is 0 Å². The third kappa shape index (κ3) is 6.14. The maximum atomic E-state index is 11.8. The first-order valence-corrected chi connectivity index (χ1v) is 6.34. The van der Waals surface area contributed by atoms with Crippen molar-refractivity contribution in [1.82, 2.24) is 10.2 Å². The third-order valence-corrected chi connectivity index (χ3v) is 2.62. The minimum absolute atomic E-state index is 0.276. The van der Waals surface area contributed by atoms with Crippen molar-refractivity contribution in [3.05, 3.63) is 0 Å². The van der Waals surface area contributed by atoms with Crippen LogP contribution in [0.3, 0.4) is 0 Å². The van der Waals surface area contributed by atoms with Crippen molar-refractivity contribution < 1.29 is 14.7 Å². The topological polar surface area (TPSA) is 69.6 Å². The molecule has 2 amide bonds. The number of carbonyl (C=O) groups excluding carboxylic acids is 1. The van der Waals surface area contributed by atoms with Crippen LogP contribution in [0.4, 0.5) is 4.79 Å². The van der Waals surface area contributed by atoms with Gasteiger partial charge >= 0.3 is 12.0 Å². The number of hydrogen-bond donors (Lipinski definition) is 2. The van der Waals surface area contributed by atoms with E-state index in [0.717, 1.165) is 19.3 Å². The molecule has 0 radical (unpaired) electrons. The van der Waals surface area contributed by atoms with Crippen LogP contribution in [0.15, 0.2) is 0 Å². The van der Waals surface area contributed by atoms with E-state index in [2.05, 4.69) is 12.2 Å². The Kier molecular flexibility index (Phi) is 8.19. The summed E-state index contributed by atoms with van der Waals surface area (Å²) in [4.78, 5) is 24.4. The highest BCUT2D eigenvalue weighted by Gasteiger charge is 2.21. The van der Waals surface area contributed by atoms with Gasteiger partial charge in [0, 0.05) is 13.1 Å². The van der Waals surface area contributed by atoms with E-state index in [1.807, 2.05) is 13.8 Å². The van der Waals surface area contributed by atoms with E-state index < -0.39 is 12.0 Å². The average molecular weight is 244 g/mol. The highest BCUT2D eigenvalue weighted by Crippen LogP contribution is 2.00. The number of aliphatic carboxylic acids is 1. The SMILES string of the molecule is CCCCN(CC)C(=O)NC(CCC)C(=O)O. The van der Waals surface area contributed by atoms with Gasteiger partial charge in [-0.15, -0.1) is 0 Å². The van der Waals surface area contributed by atoms with Crippen molar-refractivity contribution in [2.24, 2.45) is 0 Å². The quantitative estimate of drug-likeness (QED) is 0.686. The normalized spacial score (nSPS) is 11.9. The van der Waals surface area contributed by atoms with Crippen LogP contribution in [0, 0.1) is 0 Å². The molecule has 0 bridgehead atoms. The molecule has 0 aliphatic rings. The zero-order chi connectivity index (χ0) is 13.3. The van der Waals surface area contributed by atoms with Gasteiger partial charge in [0.05, 0.1) is 0 Å². The van der Waals surface area contributed by atoms with Crippen LogP contribution >= 0.6 is 0 Å². The summed E-state index contributed by atoms with van der Waals surface area (Å²) in [6.07, 6.45) is 3.15. The molecule has 5 heteroatoms. The van der Waals surface area contributed by atoms with Gasteiger partial charge in [-0.05, 0) is 19.8 Å². The second-order valence-electron chi connectivity index (χ2n) is 4.06. The molecule has 0 spiro atoms. The number of unbranched alkanes of at least 4 members (excludes halogenated alkanes) is 1. The van der Waals surface area contributed by atoms with Gasteiger partial charge in [0.1, 0.15) is 6.04 Å². The Hall–Kier alpha value is -1.26. The van der Waals surface area contributed by atoms with Crippen LogP contribution in [-0.2, 0) is 4.79 Å². The van der Waals surface area contributed by atoms with Crippen LogP contribution in [0.25, 0.3) is 0 Å². The summed E-state index contributed by atoms with van der Waals surface area (Å²) in [5.74, 6) is -0.966. The predicted molar refractivity (Wildman–Crippen MR) is 67.0 cm³/mol. The first kappa shape index (κ1) is 15.7. The minimum atomic E-state index is -0.966. The van der Waals surface area contributed by atoms with Crippen molar-refractivity contribution in [3.8, 4) is 0 Å². The molecule has 0 aromatic heterocycles. The van der Waals surface area contributed by atoms with Gasteiger partial charge in [-0.2, -0.15) is 0 Å². The molecule has 0 aliphatic carbocycles. The van der Waals surface area contributed by atoms with Gasteiger partial charge < -0.3 is 15.3 Å². The Morgan fingerprint density at radius 2 is 1.88 bits per heavy atom. The third-order valence-electron chi connectivity index (χ3n) is 2.62. The number of carboxylic acid groups (broad SMARTS) is 1. The maximum Gasteiger partial charge on any atom is 0.326 e. The fourth-order valence-electron chi connectivity index (χ4n) is 1.54. The number of rotatable bonds is 8. The van der Waals surface area contributed by atoms with E-state index in [4.69, 9.17) is 5.11 Å². The van der Waals surface area contributed by atoms with Gasteiger partial charge in [-0.3, -0.25) is 0 Å². The Bertz CT molecular complexity index is 244. The maximum absolute atomic E-state index is 11.8. The number of carbonyl (C=O) groups is 2. The molecule has 1 unspecified atom stereocenters. The monoisotopic (exact) mass is 244 g/mol. The van der Waals surface area contributed by atoms with Crippen molar-refractivity contribution in [2.45, 2.75) is 52.5 Å². The molecule has 0 aliphatic heterocycles. The van der Waals surface area contributed by atoms with Crippen molar-refractivity contribution in [3.63, 3.8) is 0 Å². The van der Waals surface area contributed by atoms with Crippen LogP contribution in [-0.4, -0.2) is 41.1 Å². The highest BCUT2D eigenvalue weighted by molar-refractivity contribution is 5.82. The molecular weight excluding hydrogens is 220 g/mol. The zero-order valence-electron chi connectivity index (χ0n) is 11.0. The predicted octanol–water partition coefficient (Wildman–Crippen LogP) is 2.07.